The Balaban J connectivity index is 1.96. The van der Waals surface area contributed by atoms with E-state index in [1.54, 1.807) is 6.20 Å². The molecule has 1 saturated carbocycles. The second-order valence-electron chi connectivity index (χ2n) is 5.08. The van der Waals surface area contributed by atoms with Crippen LogP contribution in [-0.4, -0.2) is 21.7 Å². The molecule has 0 saturated heterocycles. The maximum absolute atomic E-state index is 11.5. The number of primary amides is 1. The lowest BCUT2D eigenvalue weighted by Gasteiger charge is -2.23. The Labute approximate surface area is 108 Å². The molecule has 1 aromatic heterocycles. The summed E-state index contributed by atoms with van der Waals surface area (Å²) in [5.74, 6) is -0.194. The van der Waals surface area contributed by atoms with E-state index in [2.05, 4.69) is 10.4 Å². The summed E-state index contributed by atoms with van der Waals surface area (Å²) < 4.78 is 1.85. The lowest BCUT2D eigenvalue weighted by atomic mass is 9.94. The van der Waals surface area contributed by atoms with Crippen molar-refractivity contribution in [3.8, 4) is 0 Å². The molecule has 1 aliphatic rings. The molecule has 3 N–H and O–H groups in total. The molecular weight excluding hydrogens is 228 g/mol. The number of hydrogen-bond donors (Lipinski definition) is 2. The number of rotatable bonds is 4. The largest absolute Gasteiger partial charge is 0.369 e. The fourth-order valence-corrected chi connectivity index (χ4v) is 2.70. The first kappa shape index (κ1) is 13.1. The first-order valence-corrected chi connectivity index (χ1v) is 6.68. The van der Waals surface area contributed by atoms with Crippen LogP contribution in [0.1, 0.15) is 37.8 Å². The van der Waals surface area contributed by atoms with Gasteiger partial charge in [-0.05, 0) is 18.9 Å². The normalized spacial score (nSPS) is 24.7. The van der Waals surface area contributed by atoms with E-state index in [0.717, 1.165) is 31.5 Å². The van der Waals surface area contributed by atoms with E-state index in [1.165, 1.54) is 12.8 Å². The summed E-state index contributed by atoms with van der Waals surface area (Å²) in [7, 11) is 1.93. The van der Waals surface area contributed by atoms with E-state index < -0.39 is 0 Å². The average molecular weight is 250 g/mol. The van der Waals surface area contributed by atoms with Gasteiger partial charge in [-0.1, -0.05) is 19.3 Å². The van der Waals surface area contributed by atoms with Crippen LogP contribution in [0.5, 0.6) is 0 Å². The van der Waals surface area contributed by atoms with Gasteiger partial charge in [-0.2, -0.15) is 5.10 Å². The summed E-state index contributed by atoms with van der Waals surface area (Å²) in [4.78, 5) is 11.5. The molecule has 5 heteroatoms. The summed E-state index contributed by atoms with van der Waals surface area (Å²) >= 11 is 0. The van der Waals surface area contributed by atoms with Crippen molar-refractivity contribution >= 4 is 5.91 Å². The number of carbonyl (C=O) groups excluding carboxylic acids is 1. The number of carbonyl (C=O) groups is 1. The third-order valence-electron chi connectivity index (χ3n) is 3.85. The van der Waals surface area contributed by atoms with Crippen LogP contribution >= 0.6 is 0 Å². The molecule has 1 heterocycles. The number of nitrogens with zero attached hydrogens (tertiary/aromatic N) is 2. The molecule has 1 aliphatic carbocycles. The smallest absolute Gasteiger partial charge is 0.222 e. The highest BCUT2D eigenvalue weighted by Gasteiger charge is 2.27. The van der Waals surface area contributed by atoms with Gasteiger partial charge < -0.3 is 11.1 Å². The first-order valence-electron chi connectivity index (χ1n) is 6.68. The van der Waals surface area contributed by atoms with Crippen molar-refractivity contribution in [2.75, 3.05) is 0 Å². The molecular formula is C13H22N4O. The minimum absolute atomic E-state index is 0.0271. The highest BCUT2D eigenvalue weighted by molar-refractivity contribution is 5.77. The molecule has 0 radical (unpaired) electrons. The topological polar surface area (TPSA) is 72.9 Å². The van der Waals surface area contributed by atoms with Gasteiger partial charge in [0, 0.05) is 25.8 Å². The highest BCUT2D eigenvalue weighted by atomic mass is 16.1. The monoisotopic (exact) mass is 250 g/mol. The van der Waals surface area contributed by atoms with Crippen molar-refractivity contribution in [1.82, 2.24) is 15.1 Å². The third kappa shape index (κ3) is 3.10. The van der Waals surface area contributed by atoms with Crippen LogP contribution in [0.2, 0.25) is 0 Å². The minimum atomic E-state index is -0.167. The van der Waals surface area contributed by atoms with Crippen LogP contribution in [0.3, 0.4) is 0 Å². The maximum atomic E-state index is 11.5. The van der Waals surface area contributed by atoms with Crippen molar-refractivity contribution < 1.29 is 4.79 Å². The fourth-order valence-electron chi connectivity index (χ4n) is 2.70. The van der Waals surface area contributed by atoms with Crippen LogP contribution in [0.15, 0.2) is 12.3 Å². The standard InChI is InChI=1S/C13H22N4O/c1-17-10(7-8-16-17)9-15-12-6-4-2-3-5-11(12)13(14)18/h7-8,11-12,15H,2-6,9H2,1H3,(H2,14,18). The minimum Gasteiger partial charge on any atom is -0.369 e. The predicted octanol–water partition coefficient (Wildman–Crippen LogP) is 0.944. The highest BCUT2D eigenvalue weighted by Crippen LogP contribution is 2.23. The van der Waals surface area contributed by atoms with Gasteiger partial charge in [-0.3, -0.25) is 9.48 Å². The van der Waals surface area contributed by atoms with Gasteiger partial charge in [0.1, 0.15) is 0 Å². The van der Waals surface area contributed by atoms with Crippen molar-refractivity contribution in [1.29, 1.82) is 0 Å². The van der Waals surface area contributed by atoms with E-state index >= 15 is 0 Å². The van der Waals surface area contributed by atoms with E-state index in [-0.39, 0.29) is 17.9 Å². The second kappa shape index (κ2) is 6.00. The zero-order valence-corrected chi connectivity index (χ0v) is 10.9. The Hall–Kier alpha value is -1.36. The molecule has 0 bridgehead atoms. The molecule has 5 nitrogen and oxygen atoms in total. The van der Waals surface area contributed by atoms with Gasteiger partial charge in [0.15, 0.2) is 0 Å². The van der Waals surface area contributed by atoms with Crippen molar-refractivity contribution in [3.05, 3.63) is 18.0 Å². The molecule has 2 atom stereocenters. The number of nitrogens with one attached hydrogen (secondary N) is 1. The van der Waals surface area contributed by atoms with E-state index in [1.807, 2.05) is 17.8 Å². The lowest BCUT2D eigenvalue weighted by molar-refractivity contribution is -0.122. The molecule has 1 amide bonds. The Bertz CT molecular complexity index is 401. The quantitative estimate of drug-likeness (QED) is 0.781. The predicted molar refractivity (Wildman–Crippen MR) is 69.6 cm³/mol. The molecule has 18 heavy (non-hydrogen) atoms. The van der Waals surface area contributed by atoms with Crippen LogP contribution < -0.4 is 11.1 Å². The van der Waals surface area contributed by atoms with Crippen molar-refractivity contribution in [3.63, 3.8) is 0 Å². The van der Waals surface area contributed by atoms with Gasteiger partial charge in [0.2, 0.25) is 5.91 Å². The number of aromatic nitrogens is 2. The SMILES string of the molecule is Cn1nccc1CNC1CCCCCC1C(N)=O. The zero-order chi connectivity index (χ0) is 13.0. The van der Waals surface area contributed by atoms with E-state index in [9.17, 15) is 4.79 Å². The molecule has 2 unspecified atom stereocenters. The number of nitrogens with two attached hydrogens (primary N) is 1. The molecule has 0 aliphatic heterocycles. The van der Waals surface area contributed by atoms with Crippen LogP contribution in [0.25, 0.3) is 0 Å². The molecule has 0 aromatic carbocycles. The Morgan fingerprint density at radius 1 is 1.50 bits per heavy atom. The molecule has 100 valence electrons. The second-order valence-corrected chi connectivity index (χ2v) is 5.08. The molecule has 1 aromatic rings. The van der Waals surface area contributed by atoms with Gasteiger partial charge >= 0.3 is 0 Å². The third-order valence-corrected chi connectivity index (χ3v) is 3.85. The van der Waals surface area contributed by atoms with Crippen LogP contribution in [-0.2, 0) is 18.4 Å². The summed E-state index contributed by atoms with van der Waals surface area (Å²) in [5.41, 5.74) is 6.64. The van der Waals surface area contributed by atoms with E-state index in [0.29, 0.717) is 0 Å². The van der Waals surface area contributed by atoms with Gasteiger partial charge in [-0.25, -0.2) is 0 Å². The summed E-state index contributed by atoms with van der Waals surface area (Å²) in [6.07, 6.45) is 7.22. The van der Waals surface area contributed by atoms with Gasteiger partial charge in [-0.15, -0.1) is 0 Å². The lowest BCUT2D eigenvalue weighted by Crippen LogP contribution is -2.42. The fraction of sp³-hybridized carbons (Fsp3) is 0.692. The summed E-state index contributed by atoms with van der Waals surface area (Å²) in [6, 6.07) is 2.20. The number of aryl methyl sites for hydroxylation is 1. The van der Waals surface area contributed by atoms with Crippen molar-refractivity contribution in [2.45, 2.75) is 44.7 Å². The Kier molecular flexibility index (Phi) is 4.36. The van der Waals surface area contributed by atoms with Gasteiger partial charge in [0.25, 0.3) is 0 Å². The van der Waals surface area contributed by atoms with Gasteiger partial charge in [0.05, 0.1) is 11.6 Å². The Morgan fingerprint density at radius 3 is 2.94 bits per heavy atom. The zero-order valence-electron chi connectivity index (χ0n) is 10.9. The number of amides is 1. The van der Waals surface area contributed by atoms with E-state index in [4.69, 9.17) is 5.73 Å². The Morgan fingerprint density at radius 2 is 2.28 bits per heavy atom. The van der Waals surface area contributed by atoms with Crippen LogP contribution in [0, 0.1) is 5.92 Å². The number of hydrogen-bond acceptors (Lipinski definition) is 3. The summed E-state index contributed by atoms with van der Waals surface area (Å²) in [5, 5.41) is 7.61. The average Bonchev–Trinajstić information content (AvgIpc) is 2.62. The molecule has 1 fully saturated rings. The van der Waals surface area contributed by atoms with Crippen LogP contribution in [0.4, 0.5) is 0 Å². The first-order chi connectivity index (χ1) is 8.68. The summed E-state index contributed by atoms with van der Waals surface area (Å²) in [6.45, 7) is 0.741. The molecule has 2 rings (SSSR count). The van der Waals surface area contributed by atoms with Crippen molar-refractivity contribution in [2.24, 2.45) is 18.7 Å². The molecule has 0 spiro atoms. The maximum Gasteiger partial charge on any atom is 0.222 e.